The van der Waals surface area contributed by atoms with Crippen LogP contribution in [0.5, 0.6) is 0 Å². The molecule has 0 radical (unpaired) electrons. The number of pyridine rings is 2. The van der Waals surface area contributed by atoms with Gasteiger partial charge in [0.15, 0.2) is 6.29 Å². The largest absolute Gasteiger partial charge is 0.383 e. The molecule has 2 bridgehead atoms. The van der Waals surface area contributed by atoms with Crippen molar-refractivity contribution >= 4 is 35.5 Å². The molecule has 4 heterocycles. The van der Waals surface area contributed by atoms with Crippen LogP contribution in [0.2, 0.25) is 0 Å². The van der Waals surface area contributed by atoms with Gasteiger partial charge >= 0.3 is 6.03 Å². The second kappa shape index (κ2) is 11.3. The van der Waals surface area contributed by atoms with Crippen LogP contribution in [0.4, 0.5) is 26.5 Å². The topological polar surface area (TPSA) is 144 Å². The number of rotatable bonds is 10. The first-order valence-electron chi connectivity index (χ1n) is 12.4. The van der Waals surface area contributed by atoms with Gasteiger partial charge in [-0.25, -0.2) is 19.2 Å². The Kier molecular flexibility index (Phi) is 8.08. The third kappa shape index (κ3) is 5.67. The number of nitrogens with one attached hydrogen (secondary N) is 2. The van der Waals surface area contributed by atoms with Crippen LogP contribution >= 0.6 is 0 Å². The number of likely N-dealkylation sites (N-methyl/N-ethyl adjacent to an activating group) is 2. The number of amides is 3. The van der Waals surface area contributed by atoms with Crippen LogP contribution in [0, 0.1) is 11.3 Å². The molecule has 0 unspecified atom stereocenters. The first-order valence-corrected chi connectivity index (χ1v) is 12.4. The van der Waals surface area contributed by atoms with Gasteiger partial charge in [0.1, 0.15) is 29.1 Å². The Morgan fingerprint density at radius 2 is 2.08 bits per heavy atom. The van der Waals surface area contributed by atoms with E-state index in [-0.39, 0.29) is 54.7 Å². The van der Waals surface area contributed by atoms with E-state index in [4.69, 9.17) is 4.74 Å². The first-order chi connectivity index (χ1) is 18.6. The smallest absolute Gasteiger partial charge is 0.328 e. The molecule has 206 valence electrons. The van der Waals surface area contributed by atoms with Crippen molar-refractivity contribution in [2.45, 2.75) is 31.1 Å². The highest BCUT2D eigenvalue weighted by Gasteiger charge is 2.57. The zero-order valence-electron chi connectivity index (χ0n) is 22.3. The van der Waals surface area contributed by atoms with Crippen LogP contribution < -0.4 is 15.5 Å². The number of aromatic nitrogens is 2. The Morgan fingerprint density at radius 1 is 1.33 bits per heavy atom. The molecule has 2 N–H and O–H groups in total. The van der Waals surface area contributed by atoms with E-state index in [1.54, 1.807) is 39.2 Å². The minimum absolute atomic E-state index is 0.0297. The third-order valence-corrected chi connectivity index (χ3v) is 6.81. The van der Waals surface area contributed by atoms with E-state index in [2.05, 4.69) is 20.6 Å². The van der Waals surface area contributed by atoms with E-state index in [9.17, 15) is 19.6 Å². The third-order valence-electron chi connectivity index (χ3n) is 6.81. The molecule has 2 aromatic rings. The fourth-order valence-electron chi connectivity index (χ4n) is 4.78. The number of carbonyl (C=O) groups is 3. The summed E-state index contributed by atoms with van der Waals surface area (Å²) in [6.07, 6.45) is 2.07. The lowest BCUT2D eigenvalue weighted by atomic mass is 9.68. The second-order valence-corrected chi connectivity index (χ2v) is 9.98. The highest BCUT2D eigenvalue weighted by atomic mass is 19.1. The minimum atomic E-state index is -1.67. The molecule has 13 heteroatoms. The number of anilines is 3. The molecule has 0 aromatic carbocycles. The maximum atomic E-state index is 15.7. The molecule has 0 spiro atoms. The quantitative estimate of drug-likeness (QED) is 0.343. The minimum Gasteiger partial charge on any atom is -0.383 e. The van der Waals surface area contributed by atoms with Crippen LogP contribution in [-0.4, -0.2) is 92.0 Å². The van der Waals surface area contributed by atoms with Crippen molar-refractivity contribution in [1.29, 1.82) is 5.26 Å². The van der Waals surface area contributed by atoms with Crippen molar-refractivity contribution < 1.29 is 23.5 Å². The van der Waals surface area contributed by atoms with Crippen LogP contribution in [0.15, 0.2) is 18.3 Å². The summed E-state index contributed by atoms with van der Waals surface area (Å²) in [6.45, 7) is 1.11. The lowest BCUT2D eigenvalue weighted by Gasteiger charge is -2.52. The van der Waals surface area contributed by atoms with Gasteiger partial charge in [-0.3, -0.25) is 19.8 Å². The fourth-order valence-corrected chi connectivity index (χ4v) is 4.78. The van der Waals surface area contributed by atoms with Crippen molar-refractivity contribution in [2.24, 2.45) is 0 Å². The van der Waals surface area contributed by atoms with E-state index >= 15 is 4.39 Å². The molecule has 1 saturated carbocycles. The van der Waals surface area contributed by atoms with Gasteiger partial charge in [0, 0.05) is 69.5 Å². The molecule has 5 rings (SSSR count). The fraction of sp³-hybridized carbons (Fsp3) is 0.462. The Labute approximate surface area is 225 Å². The normalized spacial score (nSPS) is 19.0. The highest BCUT2D eigenvalue weighted by Crippen LogP contribution is 2.55. The number of nitrogens with zero attached hydrogens (tertiary/aromatic N) is 6. The number of methoxy groups -OCH3 is 1. The number of carbonyl (C=O) groups excluding carboxylic acids is 3. The Balaban J connectivity index is 1.61. The van der Waals surface area contributed by atoms with E-state index in [1.807, 2.05) is 6.07 Å². The Hall–Kier alpha value is -4.15. The van der Waals surface area contributed by atoms with E-state index in [0.717, 1.165) is 0 Å². The molecule has 1 fully saturated rings. The number of nitriles is 1. The summed E-state index contributed by atoms with van der Waals surface area (Å²) >= 11 is 0. The van der Waals surface area contributed by atoms with Crippen molar-refractivity contribution in [2.75, 3.05) is 63.5 Å². The Morgan fingerprint density at radius 3 is 2.72 bits per heavy atom. The average Bonchev–Trinajstić information content (AvgIpc) is 2.87. The molecule has 3 aliphatic rings. The molecule has 3 amide bonds. The average molecular weight is 539 g/mol. The number of halogens is 1. The lowest BCUT2D eigenvalue weighted by Crippen LogP contribution is -2.60. The molecular formula is C26H31FN8O4. The van der Waals surface area contributed by atoms with Gasteiger partial charge in [-0.1, -0.05) is 0 Å². The summed E-state index contributed by atoms with van der Waals surface area (Å²) in [4.78, 5) is 50.9. The summed E-state index contributed by atoms with van der Waals surface area (Å²) in [5.41, 5.74) is -0.249. The second-order valence-electron chi connectivity index (χ2n) is 9.98. The summed E-state index contributed by atoms with van der Waals surface area (Å²) in [5, 5.41) is 15.1. The molecule has 0 atom stereocenters. The molecule has 2 aliphatic heterocycles. The van der Waals surface area contributed by atoms with Crippen LogP contribution in [0.25, 0.3) is 0 Å². The van der Waals surface area contributed by atoms with Gasteiger partial charge in [-0.15, -0.1) is 0 Å². The first kappa shape index (κ1) is 27.9. The van der Waals surface area contributed by atoms with Crippen molar-refractivity contribution in [3.63, 3.8) is 0 Å². The molecule has 2 aromatic heterocycles. The van der Waals surface area contributed by atoms with Gasteiger partial charge in [0.25, 0.3) is 0 Å². The Bertz CT molecular complexity index is 1320. The van der Waals surface area contributed by atoms with Crippen molar-refractivity contribution in [3.05, 3.63) is 40.7 Å². The highest BCUT2D eigenvalue weighted by molar-refractivity contribution is 6.03. The van der Waals surface area contributed by atoms with Crippen molar-refractivity contribution in [3.8, 4) is 6.07 Å². The van der Waals surface area contributed by atoms with Crippen molar-refractivity contribution in [1.82, 2.24) is 19.8 Å². The summed E-state index contributed by atoms with van der Waals surface area (Å²) in [6, 6.07) is 4.09. The van der Waals surface area contributed by atoms with Gasteiger partial charge in [-0.2, -0.15) is 5.26 Å². The zero-order chi connectivity index (χ0) is 28.3. The van der Waals surface area contributed by atoms with Crippen LogP contribution in [-0.2, 0) is 21.7 Å². The monoisotopic (exact) mass is 538 g/mol. The van der Waals surface area contributed by atoms with Gasteiger partial charge < -0.3 is 19.9 Å². The number of aldehydes is 1. The van der Waals surface area contributed by atoms with Gasteiger partial charge in [0.2, 0.25) is 5.91 Å². The van der Waals surface area contributed by atoms with Gasteiger partial charge in [0.05, 0.1) is 24.4 Å². The SMILES string of the molecule is COCCNc1cc(NC(=O)N2c3nc(C=O)c(CN(C)C(=O)CN(C)C)cc3C3(F)CC2C3)ncc1C#N. The predicted molar refractivity (Wildman–Crippen MR) is 141 cm³/mol. The van der Waals surface area contributed by atoms with E-state index < -0.39 is 17.7 Å². The predicted octanol–water partition coefficient (Wildman–Crippen LogP) is 2.12. The molecule has 39 heavy (non-hydrogen) atoms. The summed E-state index contributed by atoms with van der Waals surface area (Å²) < 4.78 is 20.7. The molecular weight excluding hydrogens is 507 g/mol. The number of hydrogen-bond acceptors (Lipinski definition) is 9. The standard InChI is InChI=1S/C26H31FN8O4/c1-33(2)14-23(37)34(3)13-16-7-19-24(31-21(16)15-36)35(18-9-26(19,27)10-18)25(38)32-22-8-20(29-5-6-39-4)17(11-28)12-30-22/h7-8,12,15,18H,5-6,9-10,13-14H2,1-4H3,(H2,29,30,32,38). The summed E-state index contributed by atoms with van der Waals surface area (Å²) in [7, 11) is 6.71. The zero-order valence-corrected chi connectivity index (χ0v) is 22.3. The molecule has 1 aliphatic carbocycles. The van der Waals surface area contributed by atoms with Gasteiger partial charge in [-0.05, 0) is 20.2 Å². The lowest BCUT2D eigenvalue weighted by molar-refractivity contribution is -0.131. The maximum absolute atomic E-state index is 15.7. The van der Waals surface area contributed by atoms with Crippen LogP contribution in [0.1, 0.15) is 40.0 Å². The van der Waals surface area contributed by atoms with Crippen LogP contribution in [0.3, 0.4) is 0 Å². The molecule has 12 nitrogen and oxygen atoms in total. The number of urea groups is 1. The van der Waals surface area contributed by atoms with E-state index in [0.29, 0.717) is 36.3 Å². The maximum Gasteiger partial charge on any atom is 0.328 e. The van der Waals surface area contributed by atoms with E-state index in [1.165, 1.54) is 22.1 Å². The summed E-state index contributed by atoms with van der Waals surface area (Å²) in [5.74, 6) is 0.0862. The number of alkyl halides is 1. The number of ether oxygens (including phenoxy) is 1. The molecule has 0 saturated heterocycles. The number of hydrogen-bond donors (Lipinski definition) is 2.